The molecule has 1 aromatic rings. The van der Waals surface area contributed by atoms with Crippen molar-refractivity contribution in [1.82, 2.24) is 0 Å². The van der Waals surface area contributed by atoms with E-state index in [9.17, 15) is 5.11 Å². The number of benzene rings is 1. The summed E-state index contributed by atoms with van der Waals surface area (Å²) in [6.45, 7) is 3.56. The maximum atomic E-state index is 9.41. The molecule has 0 unspecified atom stereocenters. The normalized spacial score (nSPS) is 18.8. The number of aryl methyl sites for hydroxylation is 1. The minimum absolute atomic E-state index is 0.123. The van der Waals surface area contributed by atoms with E-state index in [0.717, 1.165) is 36.6 Å². The molecule has 4 heteroatoms. The largest absolute Gasteiger partial charge is 0.454 e. The Hall–Kier alpha value is -1.42. The molecule has 1 heterocycles. The van der Waals surface area contributed by atoms with Gasteiger partial charge in [-0.05, 0) is 31.4 Å². The molecule has 0 saturated heterocycles. The molecule has 0 amide bonds. The summed E-state index contributed by atoms with van der Waals surface area (Å²) in [6.07, 6.45) is 2.24. The summed E-state index contributed by atoms with van der Waals surface area (Å²) in [5, 5.41) is 9.41. The third-order valence-corrected chi connectivity index (χ3v) is 3.97. The predicted octanol–water partition coefficient (Wildman–Crippen LogP) is 1.93. The van der Waals surface area contributed by atoms with Gasteiger partial charge in [0.05, 0.1) is 6.61 Å². The zero-order valence-electron chi connectivity index (χ0n) is 10.9. The van der Waals surface area contributed by atoms with Gasteiger partial charge in [-0.3, -0.25) is 0 Å². The van der Waals surface area contributed by atoms with Crippen LogP contribution in [0.3, 0.4) is 0 Å². The Morgan fingerprint density at radius 3 is 2.56 bits per heavy atom. The lowest BCUT2D eigenvalue weighted by atomic mass is 10.1. The summed E-state index contributed by atoms with van der Waals surface area (Å²) in [5.41, 5.74) is 2.45. The average Bonchev–Trinajstić information content (AvgIpc) is 2.98. The first kappa shape index (κ1) is 11.7. The number of aliphatic hydroxyl groups excluding tert-OH is 1. The van der Waals surface area contributed by atoms with Crippen LogP contribution in [0.4, 0.5) is 5.69 Å². The van der Waals surface area contributed by atoms with E-state index in [1.165, 1.54) is 5.56 Å². The number of anilines is 1. The van der Waals surface area contributed by atoms with Crippen LogP contribution in [0.1, 0.15) is 18.4 Å². The second-order valence-electron chi connectivity index (χ2n) is 5.51. The average molecular weight is 249 g/mol. The van der Waals surface area contributed by atoms with E-state index in [0.29, 0.717) is 6.79 Å². The Labute approximate surface area is 107 Å². The monoisotopic (exact) mass is 249 g/mol. The molecule has 1 aliphatic heterocycles. The molecular formula is C14H19NO3. The zero-order chi connectivity index (χ0) is 12.8. The summed E-state index contributed by atoms with van der Waals surface area (Å²) in [7, 11) is 2.07. The Kier molecular flexibility index (Phi) is 2.63. The van der Waals surface area contributed by atoms with Crippen molar-refractivity contribution in [2.45, 2.75) is 19.8 Å². The Morgan fingerprint density at radius 2 is 1.94 bits per heavy atom. The number of hydrogen-bond acceptors (Lipinski definition) is 4. The van der Waals surface area contributed by atoms with Crippen molar-refractivity contribution >= 4 is 5.69 Å². The molecule has 1 aromatic carbocycles. The second-order valence-corrected chi connectivity index (χ2v) is 5.51. The molecule has 0 spiro atoms. The third kappa shape index (κ3) is 1.90. The van der Waals surface area contributed by atoms with E-state index in [2.05, 4.69) is 18.9 Å². The highest BCUT2D eigenvalue weighted by atomic mass is 16.7. The SMILES string of the molecule is Cc1cc2c(cc1N(C)CC1(CO)CC1)OCO2. The molecule has 98 valence electrons. The maximum absolute atomic E-state index is 9.41. The zero-order valence-corrected chi connectivity index (χ0v) is 10.9. The van der Waals surface area contributed by atoms with Gasteiger partial charge >= 0.3 is 0 Å². The molecular weight excluding hydrogens is 230 g/mol. The molecule has 3 rings (SSSR count). The van der Waals surface area contributed by atoms with E-state index < -0.39 is 0 Å². The van der Waals surface area contributed by atoms with Crippen molar-refractivity contribution in [3.63, 3.8) is 0 Å². The van der Waals surface area contributed by atoms with Gasteiger partial charge in [0.25, 0.3) is 0 Å². The van der Waals surface area contributed by atoms with Gasteiger partial charge in [0.2, 0.25) is 6.79 Å². The lowest BCUT2D eigenvalue weighted by Crippen LogP contribution is -2.29. The molecule has 0 bridgehead atoms. The van der Waals surface area contributed by atoms with Crippen LogP contribution in [-0.4, -0.2) is 32.1 Å². The van der Waals surface area contributed by atoms with Gasteiger partial charge in [-0.25, -0.2) is 0 Å². The molecule has 18 heavy (non-hydrogen) atoms. The van der Waals surface area contributed by atoms with Gasteiger partial charge in [-0.2, -0.15) is 0 Å². The molecule has 2 aliphatic rings. The Morgan fingerprint density at radius 1 is 1.28 bits per heavy atom. The smallest absolute Gasteiger partial charge is 0.231 e. The number of rotatable bonds is 4. The predicted molar refractivity (Wildman–Crippen MR) is 69.3 cm³/mol. The van der Waals surface area contributed by atoms with Crippen LogP contribution in [0.5, 0.6) is 11.5 Å². The van der Waals surface area contributed by atoms with Crippen LogP contribution in [-0.2, 0) is 0 Å². The number of hydrogen-bond donors (Lipinski definition) is 1. The minimum Gasteiger partial charge on any atom is -0.454 e. The highest BCUT2D eigenvalue weighted by Gasteiger charge is 2.43. The molecule has 1 N–H and O–H groups in total. The fourth-order valence-electron chi connectivity index (χ4n) is 2.58. The van der Waals surface area contributed by atoms with Gasteiger partial charge < -0.3 is 19.5 Å². The number of aliphatic hydroxyl groups is 1. The lowest BCUT2D eigenvalue weighted by Gasteiger charge is -2.26. The molecule has 0 atom stereocenters. The first-order valence-electron chi connectivity index (χ1n) is 6.36. The van der Waals surface area contributed by atoms with Gasteiger partial charge in [0.15, 0.2) is 11.5 Å². The maximum Gasteiger partial charge on any atom is 0.231 e. The number of ether oxygens (including phenoxy) is 2. The molecule has 0 aromatic heterocycles. The molecule has 1 fully saturated rings. The van der Waals surface area contributed by atoms with E-state index in [4.69, 9.17) is 9.47 Å². The van der Waals surface area contributed by atoms with E-state index in [1.807, 2.05) is 12.1 Å². The first-order chi connectivity index (χ1) is 8.63. The molecule has 1 aliphatic carbocycles. The van der Waals surface area contributed by atoms with Crippen LogP contribution in [0, 0.1) is 12.3 Å². The van der Waals surface area contributed by atoms with Crippen molar-refractivity contribution in [3.05, 3.63) is 17.7 Å². The summed E-state index contributed by atoms with van der Waals surface area (Å²) >= 11 is 0. The van der Waals surface area contributed by atoms with Crippen molar-refractivity contribution in [3.8, 4) is 11.5 Å². The fourth-order valence-corrected chi connectivity index (χ4v) is 2.58. The number of nitrogens with zero attached hydrogens (tertiary/aromatic N) is 1. The second kappa shape index (κ2) is 4.05. The molecule has 0 radical (unpaired) electrons. The highest BCUT2D eigenvalue weighted by molar-refractivity contribution is 5.62. The van der Waals surface area contributed by atoms with E-state index in [-0.39, 0.29) is 12.0 Å². The van der Waals surface area contributed by atoms with E-state index >= 15 is 0 Å². The van der Waals surface area contributed by atoms with Crippen LogP contribution >= 0.6 is 0 Å². The van der Waals surface area contributed by atoms with Gasteiger partial charge in [-0.15, -0.1) is 0 Å². The van der Waals surface area contributed by atoms with Crippen LogP contribution < -0.4 is 14.4 Å². The summed E-state index contributed by atoms with van der Waals surface area (Å²) < 4.78 is 10.8. The topological polar surface area (TPSA) is 41.9 Å². The van der Waals surface area contributed by atoms with Crippen molar-refractivity contribution in [1.29, 1.82) is 0 Å². The van der Waals surface area contributed by atoms with E-state index in [1.54, 1.807) is 0 Å². The number of fused-ring (bicyclic) bond motifs is 1. The summed E-state index contributed by atoms with van der Waals surface area (Å²) in [6, 6.07) is 4.05. The van der Waals surface area contributed by atoms with Crippen molar-refractivity contribution in [2.24, 2.45) is 5.41 Å². The highest BCUT2D eigenvalue weighted by Crippen LogP contribution is 2.47. The summed E-state index contributed by atoms with van der Waals surface area (Å²) in [4.78, 5) is 2.21. The summed E-state index contributed by atoms with van der Waals surface area (Å²) in [5.74, 6) is 1.64. The standard InChI is InChI=1S/C14H19NO3/c1-10-5-12-13(18-9-17-12)6-11(10)15(2)7-14(8-16)3-4-14/h5-6,16H,3-4,7-9H2,1-2H3. The quantitative estimate of drug-likeness (QED) is 0.885. The lowest BCUT2D eigenvalue weighted by molar-refractivity contribution is 0.174. The Bertz CT molecular complexity index is 468. The van der Waals surface area contributed by atoms with Crippen LogP contribution in [0.2, 0.25) is 0 Å². The van der Waals surface area contributed by atoms with Crippen molar-refractivity contribution in [2.75, 3.05) is 31.9 Å². The third-order valence-electron chi connectivity index (χ3n) is 3.97. The first-order valence-corrected chi connectivity index (χ1v) is 6.36. The van der Waals surface area contributed by atoms with Gasteiger partial charge in [-0.1, -0.05) is 0 Å². The van der Waals surface area contributed by atoms with Gasteiger partial charge in [0.1, 0.15) is 0 Å². The molecule has 4 nitrogen and oxygen atoms in total. The van der Waals surface area contributed by atoms with Gasteiger partial charge in [0, 0.05) is 30.8 Å². The van der Waals surface area contributed by atoms with Crippen LogP contribution in [0.15, 0.2) is 12.1 Å². The van der Waals surface area contributed by atoms with Crippen molar-refractivity contribution < 1.29 is 14.6 Å². The van der Waals surface area contributed by atoms with Crippen LogP contribution in [0.25, 0.3) is 0 Å². The minimum atomic E-state index is 0.123. The fraction of sp³-hybridized carbons (Fsp3) is 0.571. The molecule has 1 saturated carbocycles. The Balaban J connectivity index is 1.83.